The van der Waals surface area contributed by atoms with Gasteiger partial charge in [0.25, 0.3) is 0 Å². The van der Waals surface area contributed by atoms with E-state index in [0.717, 1.165) is 28.7 Å². The van der Waals surface area contributed by atoms with Crippen LogP contribution in [0, 0.1) is 6.92 Å². The van der Waals surface area contributed by atoms with Gasteiger partial charge in [0.2, 0.25) is 0 Å². The molecule has 0 amide bonds. The minimum absolute atomic E-state index is 0. The van der Waals surface area contributed by atoms with Crippen LogP contribution < -0.4 is 34.7 Å². The standard InChI is InChI=1S/C18H17N3O2S.Na/c1-11-19-20-18(24-10-17(22)23)21(11)16-9-8-13(12-6-7-12)14-4-2-3-5-15(14)16;/h2-5,8-9,12H,6-7,10H2,1H3,(H,22,23);/q;+1/p-1. The van der Waals surface area contributed by atoms with Crippen LogP contribution in [0.2, 0.25) is 0 Å². The van der Waals surface area contributed by atoms with Gasteiger partial charge in [0.1, 0.15) is 5.82 Å². The fourth-order valence-electron chi connectivity index (χ4n) is 3.09. The largest absolute Gasteiger partial charge is 1.00 e. The molecule has 0 aliphatic heterocycles. The Kier molecular flexibility index (Phi) is 5.53. The molecule has 0 radical (unpaired) electrons. The molecule has 2 aromatic carbocycles. The first kappa shape index (κ1) is 18.5. The van der Waals surface area contributed by atoms with Crippen molar-refractivity contribution in [1.29, 1.82) is 0 Å². The predicted molar refractivity (Wildman–Crippen MR) is 91.3 cm³/mol. The van der Waals surface area contributed by atoms with Gasteiger partial charge in [0, 0.05) is 11.1 Å². The number of aryl methyl sites for hydroxylation is 1. The molecule has 0 unspecified atom stereocenters. The number of fused-ring (bicyclic) bond motifs is 1. The van der Waals surface area contributed by atoms with Crippen molar-refractivity contribution < 1.29 is 39.5 Å². The number of nitrogens with zero attached hydrogens (tertiary/aromatic N) is 3. The monoisotopic (exact) mass is 361 g/mol. The van der Waals surface area contributed by atoms with E-state index in [0.29, 0.717) is 11.1 Å². The fourth-order valence-corrected chi connectivity index (χ4v) is 3.79. The number of carbonyl (C=O) groups excluding carboxylic acids is 1. The molecular weight excluding hydrogens is 345 g/mol. The molecule has 0 saturated heterocycles. The van der Waals surface area contributed by atoms with E-state index < -0.39 is 5.97 Å². The number of rotatable bonds is 5. The number of hydrogen-bond donors (Lipinski definition) is 0. The number of aliphatic carboxylic acids is 1. The van der Waals surface area contributed by atoms with Crippen molar-refractivity contribution in [3.8, 4) is 5.69 Å². The molecule has 0 atom stereocenters. The van der Waals surface area contributed by atoms with Crippen LogP contribution in [0.1, 0.15) is 30.1 Å². The summed E-state index contributed by atoms with van der Waals surface area (Å²) < 4.78 is 1.92. The topological polar surface area (TPSA) is 70.8 Å². The van der Waals surface area contributed by atoms with E-state index in [1.54, 1.807) is 0 Å². The minimum Gasteiger partial charge on any atom is -0.549 e. The van der Waals surface area contributed by atoms with E-state index in [-0.39, 0.29) is 35.3 Å². The maximum absolute atomic E-state index is 10.8. The van der Waals surface area contributed by atoms with Gasteiger partial charge < -0.3 is 9.90 Å². The van der Waals surface area contributed by atoms with Gasteiger partial charge in [-0.25, -0.2) is 0 Å². The summed E-state index contributed by atoms with van der Waals surface area (Å²) in [6.45, 7) is 1.87. The number of carboxylic acids is 1. The molecule has 1 aliphatic rings. The van der Waals surface area contributed by atoms with Crippen molar-refractivity contribution in [3.05, 3.63) is 47.8 Å². The zero-order valence-electron chi connectivity index (χ0n) is 14.2. The van der Waals surface area contributed by atoms with E-state index in [9.17, 15) is 9.90 Å². The van der Waals surface area contributed by atoms with E-state index in [4.69, 9.17) is 0 Å². The van der Waals surface area contributed by atoms with E-state index >= 15 is 0 Å². The van der Waals surface area contributed by atoms with Gasteiger partial charge in [0.05, 0.1) is 11.7 Å². The smallest absolute Gasteiger partial charge is 0.549 e. The average Bonchev–Trinajstić information content (AvgIpc) is 3.35. The molecule has 1 saturated carbocycles. The maximum atomic E-state index is 10.8. The third-order valence-corrected chi connectivity index (χ3v) is 5.21. The molecular formula is C18H16N3NaO2S. The summed E-state index contributed by atoms with van der Waals surface area (Å²) in [5, 5.41) is 22.0. The van der Waals surface area contributed by atoms with Gasteiger partial charge in [-0.15, -0.1) is 10.2 Å². The summed E-state index contributed by atoms with van der Waals surface area (Å²) in [5.74, 6) is 0.148. The van der Waals surface area contributed by atoms with Gasteiger partial charge >= 0.3 is 29.6 Å². The molecule has 0 spiro atoms. The van der Waals surface area contributed by atoms with Crippen molar-refractivity contribution in [3.63, 3.8) is 0 Å². The third kappa shape index (κ3) is 3.62. The Balaban J connectivity index is 0.00000182. The van der Waals surface area contributed by atoms with Crippen molar-refractivity contribution in [2.45, 2.75) is 30.8 Å². The number of aromatic nitrogens is 3. The Bertz CT molecular complexity index is 937. The van der Waals surface area contributed by atoms with Gasteiger partial charge in [-0.3, -0.25) is 4.57 Å². The van der Waals surface area contributed by atoms with E-state index in [1.165, 1.54) is 23.8 Å². The van der Waals surface area contributed by atoms with Crippen molar-refractivity contribution in [2.75, 3.05) is 5.75 Å². The third-order valence-electron chi connectivity index (χ3n) is 4.31. The Morgan fingerprint density at radius 3 is 2.60 bits per heavy atom. The summed E-state index contributed by atoms with van der Waals surface area (Å²) in [6.07, 6.45) is 2.50. The van der Waals surface area contributed by atoms with E-state index in [1.807, 2.05) is 17.6 Å². The fraction of sp³-hybridized carbons (Fsp3) is 0.278. The number of thioether (sulfide) groups is 1. The molecule has 1 aromatic heterocycles. The second-order valence-electron chi connectivity index (χ2n) is 6.02. The number of carboxylic acid groups (broad SMARTS) is 1. The van der Waals surface area contributed by atoms with Crippen molar-refractivity contribution >= 4 is 28.5 Å². The Labute approximate surface area is 172 Å². The molecule has 3 aromatic rings. The first-order chi connectivity index (χ1) is 11.6. The second kappa shape index (κ2) is 7.50. The molecule has 5 nitrogen and oxygen atoms in total. The Hall–Kier alpha value is -1.34. The second-order valence-corrected chi connectivity index (χ2v) is 6.96. The molecule has 1 heterocycles. The number of hydrogen-bond acceptors (Lipinski definition) is 5. The maximum Gasteiger partial charge on any atom is 1.00 e. The van der Waals surface area contributed by atoms with Crippen LogP contribution >= 0.6 is 11.8 Å². The average molecular weight is 361 g/mol. The van der Waals surface area contributed by atoms with Crippen LogP contribution in [-0.4, -0.2) is 26.5 Å². The van der Waals surface area contributed by atoms with Gasteiger partial charge in [-0.2, -0.15) is 0 Å². The van der Waals surface area contributed by atoms with Gasteiger partial charge in [-0.05, 0) is 42.7 Å². The first-order valence-electron chi connectivity index (χ1n) is 7.92. The Morgan fingerprint density at radius 1 is 1.20 bits per heavy atom. The van der Waals surface area contributed by atoms with Crippen molar-refractivity contribution in [2.24, 2.45) is 0 Å². The van der Waals surface area contributed by atoms with Crippen LogP contribution in [0.25, 0.3) is 16.5 Å². The summed E-state index contributed by atoms with van der Waals surface area (Å²) in [7, 11) is 0. The normalized spacial score (nSPS) is 13.6. The number of carbonyl (C=O) groups is 1. The molecule has 122 valence electrons. The first-order valence-corrected chi connectivity index (χ1v) is 8.90. The number of benzene rings is 2. The summed E-state index contributed by atoms with van der Waals surface area (Å²) >= 11 is 1.13. The zero-order valence-corrected chi connectivity index (χ0v) is 17.0. The van der Waals surface area contributed by atoms with E-state index in [2.05, 4.69) is 40.5 Å². The Morgan fingerprint density at radius 2 is 1.92 bits per heavy atom. The van der Waals surface area contributed by atoms with Crippen molar-refractivity contribution in [1.82, 2.24) is 14.8 Å². The summed E-state index contributed by atoms with van der Waals surface area (Å²) in [6, 6.07) is 12.6. The predicted octanol–water partition coefficient (Wildman–Crippen LogP) is -0.548. The van der Waals surface area contributed by atoms with Crippen LogP contribution in [-0.2, 0) is 4.79 Å². The quantitative estimate of drug-likeness (QED) is 0.451. The van der Waals surface area contributed by atoms with Crippen LogP contribution in [0.3, 0.4) is 0 Å². The van der Waals surface area contributed by atoms with Crippen LogP contribution in [0.15, 0.2) is 41.6 Å². The molecule has 7 heteroatoms. The summed E-state index contributed by atoms with van der Waals surface area (Å²) in [5.41, 5.74) is 2.38. The molecule has 1 aliphatic carbocycles. The molecule has 4 rings (SSSR count). The summed E-state index contributed by atoms with van der Waals surface area (Å²) in [4.78, 5) is 10.8. The minimum atomic E-state index is -1.11. The molecule has 1 fully saturated rings. The SMILES string of the molecule is Cc1nnc(SCC(=O)[O-])n1-c1ccc(C2CC2)c2ccccc12.[Na+]. The van der Waals surface area contributed by atoms with Gasteiger partial charge in [0.15, 0.2) is 5.16 Å². The molecule has 0 bridgehead atoms. The van der Waals surface area contributed by atoms with Crippen LogP contribution in [0.4, 0.5) is 0 Å². The van der Waals surface area contributed by atoms with Crippen LogP contribution in [0.5, 0.6) is 0 Å². The zero-order chi connectivity index (χ0) is 16.7. The molecule has 25 heavy (non-hydrogen) atoms. The molecule has 0 N–H and O–H groups in total. The van der Waals surface area contributed by atoms with Gasteiger partial charge in [-0.1, -0.05) is 42.1 Å².